The minimum Gasteiger partial charge on any atom is -0.325 e. The van der Waals surface area contributed by atoms with Crippen LogP contribution in [0.5, 0.6) is 0 Å². The molecule has 0 saturated carbocycles. The molecule has 0 aliphatic rings. The topological polar surface area (TPSA) is 43.3 Å². The molecule has 0 radical (unpaired) electrons. The number of nitrogens with zero attached hydrogens (tertiary/aromatic N) is 2. The monoisotopic (exact) mass is 231 g/mol. The Labute approximate surface area is 89.5 Å². The first-order chi connectivity index (χ1) is 7.03. The van der Waals surface area contributed by atoms with E-state index in [1.807, 2.05) is 0 Å². The van der Waals surface area contributed by atoms with Gasteiger partial charge in [-0.05, 0) is 12.1 Å². The SMILES string of the molecule is NCC(F)(F)c1cn2cc(Cl)ccc2n1. The lowest BCUT2D eigenvalue weighted by Gasteiger charge is -2.08. The van der Waals surface area contributed by atoms with Crippen LogP contribution in [-0.2, 0) is 5.92 Å². The highest BCUT2D eigenvalue weighted by Crippen LogP contribution is 2.26. The third-order valence-electron chi connectivity index (χ3n) is 2.05. The second-order valence-corrected chi connectivity index (χ2v) is 3.58. The van der Waals surface area contributed by atoms with E-state index >= 15 is 0 Å². The maximum absolute atomic E-state index is 13.2. The largest absolute Gasteiger partial charge is 0.325 e. The fraction of sp³-hybridized carbons (Fsp3) is 0.222. The first-order valence-corrected chi connectivity index (χ1v) is 4.63. The van der Waals surface area contributed by atoms with Crippen LogP contribution in [-0.4, -0.2) is 15.9 Å². The lowest BCUT2D eigenvalue weighted by atomic mass is 10.2. The molecule has 6 heteroatoms. The third-order valence-corrected chi connectivity index (χ3v) is 2.27. The van der Waals surface area contributed by atoms with Crippen LogP contribution in [0, 0.1) is 0 Å². The second-order valence-electron chi connectivity index (χ2n) is 3.15. The Hall–Kier alpha value is -1.20. The molecule has 2 rings (SSSR count). The molecule has 2 aromatic rings. The van der Waals surface area contributed by atoms with Gasteiger partial charge in [-0.2, -0.15) is 8.78 Å². The number of rotatable bonds is 2. The summed E-state index contributed by atoms with van der Waals surface area (Å²) in [6.45, 7) is -0.759. The Bertz CT molecular complexity index is 495. The number of alkyl halides is 2. The van der Waals surface area contributed by atoms with Gasteiger partial charge in [0.2, 0.25) is 0 Å². The summed E-state index contributed by atoms with van der Waals surface area (Å²) in [6, 6.07) is 3.16. The van der Waals surface area contributed by atoms with Gasteiger partial charge >= 0.3 is 5.92 Å². The van der Waals surface area contributed by atoms with Gasteiger partial charge in [0.05, 0.1) is 11.6 Å². The van der Waals surface area contributed by atoms with Crippen molar-refractivity contribution in [1.29, 1.82) is 0 Å². The molecule has 0 unspecified atom stereocenters. The normalized spacial score (nSPS) is 12.3. The van der Waals surface area contributed by atoms with Crippen LogP contribution >= 0.6 is 11.6 Å². The molecule has 2 heterocycles. The summed E-state index contributed by atoms with van der Waals surface area (Å²) in [5.74, 6) is -3.10. The summed E-state index contributed by atoms with van der Waals surface area (Å²) in [7, 11) is 0. The molecule has 2 N–H and O–H groups in total. The maximum atomic E-state index is 13.2. The van der Waals surface area contributed by atoms with Crippen molar-refractivity contribution in [3.63, 3.8) is 0 Å². The quantitative estimate of drug-likeness (QED) is 0.860. The minimum absolute atomic E-state index is 0.340. The van der Waals surface area contributed by atoms with Gasteiger partial charge in [-0.1, -0.05) is 11.6 Å². The summed E-state index contributed by atoms with van der Waals surface area (Å²) in [6.07, 6.45) is 2.74. The van der Waals surface area contributed by atoms with Gasteiger partial charge in [-0.25, -0.2) is 4.98 Å². The van der Waals surface area contributed by atoms with E-state index in [0.29, 0.717) is 10.7 Å². The fourth-order valence-corrected chi connectivity index (χ4v) is 1.41. The van der Waals surface area contributed by atoms with Crippen molar-refractivity contribution >= 4 is 17.2 Å². The van der Waals surface area contributed by atoms with Crippen molar-refractivity contribution < 1.29 is 8.78 Å². The van der Waals surface area contributed by atoms with Gasteiger partial charge in [-0.3, -0.25) is 0 Å². The van der Waals surface area contributed by atoms with Crippen molar-refractivity contribution in [1.82, 2.24) is 9.38 Å². The van der Waals surface area contributed by atoms with E-state index in [4.69, 9.17) is 17.3 Å². The zero-order valence-electron chi connectivity index (χ0n) is 7.62. The van der Waals surface area contributed by atoms with Gasteiger partial charge in [0.1, 0.15) is 11.3 Å². The highest BCUT2D eigenvalue weighted by atomic mass is 35.5. The van der Waals surface area contributed by atoms with E-state index in [0.717, 1.165) is 0 Å². The van der Waals surface area contributed by atoms with Crippen LogP contribution in [0.2, 0.25) is 5.02 Å². The molecular weight excluding hydrogens is 224 g/mol. The van der Waals surface area contributed by atoms with Crippen LogP contribution in [0.3, 0.4) is 0 Å². The van der Waals surface area contributed by atoms with Crippen molar-refractivity contribution in [2.45, 2.75) is 5.92 Å². The predicted octanol–water partition coefficient (Wildman–Crippen LogP) is 2.04. The van der Waals surface area contributed by atoms with E-state index in [1.165, 1.54) is 16.8 Å². The maximum Gasteiger partial charge on any atom is 0.303 e. The number of pyridine rings is 1. The predicted molar refractivity (Wildman–Crippen MR) is 53.2 cm³/mol. The molecular formula is C9H8ClF2N3. The van der Waals surface area contributed by atoms with Crippen LogP contribution in [0.15, 0.2) is 24.5 Å². The van der Waals surface area contributed by atoms with Crippen molar-refractivity contribution in [3.05, 3.63) is 35.2 Å². The summed E-state index contributed by atoms with van der Waals surface area (Å²) in [4.78, 5) is 3.77. The molecule has 0 spiro atoms. The van der Waals surface area contributed by atoms with Crippen molar-refractivity contribution in [2.24, 2.45) is 5.73 Å². The summed E-state index contributed by atoms with van der Waals surface area (Å²) < 4.78 is 27.8. The number of halogens is 3. The highest BCUT2D eigenvalue weighted by Gasteiger charge is 2.32. The number of hydrogen-bond acceptors (Lipinski definition) is 2. The summed E-state index contributed by atoms with van der Waals surface area (Å²) in [5, 5.41) is 0.461. The Morgan fingerprint density at radius 3 is 2.80 bits per heavy atom. The van der Waals surface area contributed by atoms with E-state index < -0.39 is 12.5 Å². The average Bonchev–Trinajstić information content (AvgIpc) is 2.61. The lowest BCUT2D eigenvalue weighted by Crippen LogP contribution is -2.25. The highest BCUT2D eigenvalue weighted by molar-refractivity contribution is 6.30. The Balaban J connectivity index is 2.56. The molecule has 0 saturated heterocycles. The lowest BCUT2D eigenvalue weighted by molar-refractivity contribution is 0.00190. The Morgan fingerprint density at radius 1 is 1.40 bits per heavy atom. The fourth-order valence-electron chi connectivity index (χ4n) is 1.25. The van der Waals surface area contributed by atoms with Crippen molar-refractivity contribution in [3.8, 4) is 0 Å². The number of hydrogen-bond donors (Lipinski definition) is 1. The molecule has 0 fully saturated rings. The van der Waals surface area contributed by atoms with Crippen LogP contribution in [0.25, 0.3) is 5.65 Å². The summed E-state index contributed by atoms with van der Waals surface area (Å²) >= 11 is 5.72. The molecule has 0 atom stereocenters. The number of nitrogens with two attached hydrogens (primary N) is 1. The standard InChI is InChI=1S/C9H8ClF2N3/c10-6-1-2-8-14-7(4-15(8)3-6)9(11,12)5-13/h1-4H,5,13H2. The third kappa shape index (κ3) is 1.80. The van der Waals surface area contributed by atoms with Crippen LogP contribution in [0.4, 0.5) is 8.78 Å². The molecule has 0 amide bonds. The number of fused-ring (bicyclic) bond motifs is 1. The summed E-state index contributed by atoms with van der Waals surface area (Å²) in [5.41, 5.74) is 5.04. The molecule has 15 heavy (non-hydrogen) atoms. The van der Waals surface area contributed by atoms with E-state index in [1.54, 1.807) is 12.1 Å². The Morgan fingerprint density at radius 2 is 2.13 bits per heavy atom. The molecule has 2 aromatic heterocycles. The molecule has 3 nitrogen and oxygen atoms in total. The van der Waals surface area contributed by atoms with Crippen LogP contribution < -0.4 is 5.73 Å². The van der Waals surface area contributed by atoms with Crippen LogP contribution in [0.1, 0.15) is 5.69 Å². The zero-order valence-corrected chi connectivity index (χ0v) is 8.38. The average molecular weight is 232 g/mol. The van der Waals surface area contributed by atoms with E-state index in [9.17, 15) is 8.78 Å². The smallest absolute Gasteiger partial charge is 0.303 e. The number of imidazole rings is 1. The molecule has 0 aromatic carbocycles. The molecule has 80 valence electrons. The first-order valence-electron chi connectivity index (χ1n) is 4.25. The molecule has 0 aliphatic carbocycles. The Kier molecular flexibility index (Phi) is 2.36. The van der Waals surface area contributed by atoms with Crippen molar-refractivity contribution in [2.75, 3.05) is 6.54 Å². The minimum atomic E-state index is -3.10. The molecule has 0 aliphatic heterocycles. The molecule has 0 bridgehead atoms. The van der Waals surface area contributed by atoms with Gasteiger partial charge in [0.15, 0.2) is 0 Å². The first kappa shape index (κ1) is 10.3. The second kappa shape index (κ2) is 3.43. The van der Waals surface area contributed by atoms with Gasteiger partial charge in [0.25, 0.3) is 0 Å². The van der Waals surface area contributed by atoms with Gasteiger partial charge < -0.3 is 10.1 Å². The zero-order chi connectivity index (χ0) is 11.1. The van der Waals surface area contributed by atoms with Gasteiger partial charge in [0, 0.05) is 12.4 Å². The number of aromatic nitrogens is 2. The van der Waals surface area contributed by atoms with Gasteiger partial charge in [-0.15, -0.1) is 0 Å². The van der Waals surface area contributed by atoms with E-state index in [-0.39, 0.29) is 5.69 Å². The van der Waals surface area contributed by atoms with E-state index in [2.05, 4.69) is 4.98 Å².